The van der Waals surface area contributed by atoms with Gasteiger partial charge in [0.25, 0.3) is 0 Å². The third-order valence-corrected chi connectivity index (χ3v) is 3.82. The van der Waals surface area contributed by atoms with E-state index in [2.05, 4.69) is 6.92 Å². The van der Waals surface area contributed by atoms with E-state index in [1.165, 1.54) is 0 Å². The third-order valence-electron chi connectivity index (χ3n) is 2.54. The highest BCUT2D eigenvalue weighted by Crippen LogP contribution is 2.40. The van der Waals surface area contributed by atoms with Crippen molar-refractivity contribution in [3.63, 3.8) is 0 Å². The zero-order valence-electron chi connectivity index (χ0n) is 7.73. The molecule has 0 aromatic heterocycles. The van der Waals surface area contributed by atoms with Gasteiger partial charge in [-0.25, -0.2) is 0 Å². The van der Waals surface area contributed by atoms with Crippen LogP contribution in [0.15, 0.2) is 0 Å². The smallest absolute Gasteiger partial charge is 0.171 e. The molecule has 0 radical (unpaired) electrons. The molecule has 0 unspecified atom stereocenters. The first-order valence-electron chi connectivity index (χ1n) is 4.72. The first-order valence-corrected chi connectivity index (χ1v) is 5.77. The Balaban J connectivity index is 2.30. The average Bonchev–Trinajstić information content (AvgIpc) is 2.04. The third kappa shape index (κ3) is 3.41. The molecule has 4 heteroatoms. The summed E-state index contributed by atoms with van der Waals surface area (Å²) in [5, 5.41) is 0.476. The molecule has 0 nitrogen and oxygen atoms in total. The molecule has 1 saturated carbocycles. The van der Waals surface area contributed by atoms with E-state index in [1.807, 2.05) is 0 Å². The molecule has 0 aromatic rings. The van der Waals surface area contributed by atoms with Gasteiger partial charge in [-0.15, -0.1) is 0 Å². The van der Waals surface area contributed by atoms with Crippen LogP contribution in [0.4, 0.5) is 13.2 Å². The lowest BCUT2D eigenvalue weighted by molar-refractivity contribution is -0.181. The topological polar surface area (TPSA) is 0 Å². The molecule has 0 bridgehead atoms. The van der Waals surface area contributed by atoms with E-state index in [4.69, 9.17) is 0 Å². The van der Waals surface area contributed by atoms with Crippen molar-refractivity contribution >= 4 is 11.8 Å². The Morgan fingerprint density at radius 1 is 1.15 bits per heavy atom. The SMILES string of the molecule is CCSC1CCC(C(F)(F)F)CC1. The van der Waals surface area contributed by atoms with Crippen LogP contribution < -0.4 is 0 Å². The van der Waals surface area contributed by atoms with Crippen molar-refractivity contribution in [2.24, 2.45) is 5.92 Å². The highest BCUT2D eigenvalue weighted by molar-refractivity contribution is 7.99. The van der Waals surface area contributed by atoms with Gasteiger partial charge in [0, 0.05) is 5.25 Å². The Kier molecular flexibility index (Phi) is 3.95. The van der Waals surface area contributed by atoms with E-state index in [-0.39, 0.29) is 0 Å². The lowest BCUT2D eigenvalue weighted by Gasteiger charge is -2.29. The number of hydrogen-bond acceptors (Lipinski definition) is 1. The van der Waals surface area contributed by atoms with Gasteiger partial charge < -0.3 is 0 Å². The van der Waals surface area contributed by atoms with Crippen LogP contribution in [-0.2, 0) is 0 Å². The van der Waals surface area contributed by atoms with Crippen molar-refractivity contribution < 1.29 is 13.2 Å². The van der Waals surface area contributed by atoms with Gasteiger partial charge in [-0.05, 0) is 31.4 Å². The Labute approximate surface area is 81.3 Å². The van der Waals surface area contributed by atoms with Gasteiger partial charge in [-0.3, -0.25) is 0 Å². The van der Waals surface area contributed by atoms with Crippen LogP contribution in [0.25, 0.3) is 0 Å². The van der Waals surface area contributed by atoms with Gasteiger partial charge >= 0.3 is 6.18 Å². The fraction of sp³-hybridized carbons (Fsp3) is 1.00. The molecule has 0 amide bonds. The normalized spacial score (nSPS) is 30.5. The number of halogens is 3. The number of alkyl halides is 3. The molecular formula is C9H15F3S. The van der Waals surface area contributed by atoms with Gasteiger partial charge in [0.05, 0.1) is 5.92 Å². The first-order chi connectivity index (χ1) is 6.04. The fourth-order valence-corrected chi connectivity index (χ4v) is 2.87. The molecule has 78 valence electrons. The van der Waals surface area contributed by atoms with Gasteiger partial charge in [-0.1, -0.05) is 6.92 Å². The van der Waals surface area contributed by atoms with Crippen LogP contribution in [0.3, 0.4) is 0 Å². The van der Waals surface area contributed by atoms with Crippen molar-refractivity contribution in [1.29, 1.82) is 0 Å². The second kappa shape index (κ2) is 4.58. The first kappa shape index (κ1) is 11.2. The largest absolute Gasteiger partial charge is 0.391 e. The van der Waals surface area contributed by atoms with Gasteiger partial charge in [-0.2, -0.15) is 24.9 Å². The van der Waals surface area contributed by atoms with Gasteiger partial charge in [0.1, 0.15) is 0 Å². The molecule has 1 aliphatic carbocycles. The minimum absolute atomic E-state index is 0.334. The summed E-state index contributed by atoms with van der Waals surface area (Å²) >= 11 is 1.80. The summed E-state index contributed by atoms with van der Waals surface area (Å²) < 4.78 is 36.7. The van der Waals surface area contributed by atoms with Crippen molar-refractivity contribution in [2.75, 3.05) is 5.75 Å². The minimum atomic E-state index is -3.96. The molecule has 1 rings (SSSR count). The monoisotopic (exact) mass is 212 g/mol. The molecule has 1 fully saturated rings. The summed E-state index contributed by atoms with van der Waals surface area (Å²) in [7, 11) is 0. The predicted molar refractivity (Wildman–Crippen MR) is 49.9 cm³/mol. The van der Waals surface area contributed by atoms with Crippen LogP contribution >= 0.6 is 11.8 Å². The van der Waals surface area contributed by atoms with Crippen molar-refractivity contribution in [1.82, 2.24) is 0 Å². The van der Waals surface area contributed by atoms with E-state index in [1.54, 1.807) is 11.8 Å². The lowest BCUT2D eigenvalue weighted by Crippen LogP contribution is -2.28. The second-order valence-electron chi connectivity index (χ2n) is 3.47. The summed E-state index contributed by atoms with van der Waals surface area (Å²) in [6.45, 7) is 2.06. The molecular weight excluding hydrogens is 197 g/mol. The molecule has 0 N–H and O–H groups in total. The van der Waals surface area contributed by atoms with Crippen LogP contribution in [0.2, 0.25) is 0 Å². The summed E-state index contributed by atoms with van der Waals surface area (Å²) in [6.07, 6.45) is -1.81. The van der Waals surface area contributed by atoms with Crippen molar-refractivity contribution in [3.8, 4) is 0 Å². The second-order valence-corrected chi connectivity index (χ2v) is 5.05. The molecule has 0 saturated heterocycles. The van der Waals surface area contributed by atoms with Gasteiger partial charge in [0.15, 0.2) is 0 Å². The molecule has 0 heterocycles. The number of thioether (sulfide) groups is 1. The standard InChI is InChI=1S/C9H15F3S/c1-2-13-8-5-3-7(4-6-8)9(10,11)12/h7-8H,2-6H2,1H3. The van der Waals surface area contributed by atoms with E-state index in [0.717, 1.165) is 18.6 Å². The quantitative estimate of drug-likeness (QED) is 0.669. The summed E-state index contributed by atoms with van der Waals surface area (Å²) in [5.41, 5.74) is 0. The van der Waals surface area contributed by atoms with Crippen molar-refractivity contribution in [2.45, 2.75) is 44.0 Å². The Hall–Kier alpha value is 0.140. The van der Waals surface area contributed by atoms with E-state index in [0.29, 0.717) is 18.1 Å². The fourth-order valence-electron chi connectivity index (χ4n) is 1.79. The molecule has 0 atom stereocenters. The minimum Gasteiger partial charge on any atom is -0.171 e. The Bertz CT molecular complexity index is 147. The lowest BCUT2D eigenvalue weighted by atomic mass is 9.88. The zero-order valence-corrected chi connectivity index (χ0v) is 8.55. The molecule has 0 aromatic carbocycles. The maximum Gasteiger partial charge on any atom is 0.391 e. The van der Waals surface area contributed by atoms with E-state index in [9.17, 15) is 13.2 Å². The van der Waals surface area contributed by atoms with Crippen LogP contribution in [-0.4, -0.2) is 17.2 Å². The van der Waals surface area contributed by atoms with Crippen LogP contribution in [0, 0.1) is 5.92 Å². The summed E-state index contributed by atoms with van der Waals surface area (Å²) in [4.78, 5) is 0. The molecule has 0 spiro atoms. The highest BCUT2D eigenvalue weighted by Gasteiger charge is 2.41. The summed E-state index contributed by atoms with van der Waals surface area (Å²) in [5.74, 6) is -0.0114. The predicted octanol–water partition coefficient (Wildman–Crippen LogP) is 3.86. The molecule has 1 aliphatic rings. The summed E-state index contributed by atoms with van der Waals surface area (Å²) in [6, 6.07) is 0. The average molecular weight is 212 g/mol. The number of hydrogen-bond donors (Lipinski definition) is 0. The Morgan fingerprint density at radius 2 is 1.69 bits per heavy atom. The van der Waals surface area contributed by atoms with Crippen LogP contribution in [0.5, 0.6) is 0 Å². The highest BCUT2D eigenvalue weighted by atomic mass is 32.2. The zero-order chi connectivity index (χ0) is 9.90. The molecule has 0 aliphatic heterocycles. The van der Waals surface area contributed by atoms with E-state index >= 15 is 0 Å². The molecule has 13 heavy (non-hydrogen) atoms. The van der Waals surface area contributed by atoms with Crippen molar-refractivity contribution in [3.05, 3.63) is 0 Å². The number of rotatable bonds is 2. The Morgan fingerprint density at radius 3 is 2.08 bits per heavy atom. The van der Waals surface area contributed by atoms with Crippen LogP contribution in [0.1, 0.15) is 32.6 Å². The maximum absolute atomic E-state index is 12.2. The maximum atomic E-state index is 12.2. The van der Waals surface area contributed by atoms with E-state index < -0.39 is 12.1 Å². The van der Waals surface area contributed by atoms with Gasteiger partial charge in [0.2, 0.25) is 0 Å².